The van der Waals surface area contributed by atoms with Gasteiger partial charge < -0.3 is 46.5 Å². The van der Waals surface area contributed by atoms with Crippen molar-refractivity contribution in [1.82, 2.24) is 25.8 Å². The second-order valence-electron chi connectivity index (χ2n) is 9.49. The summed E-state index contributed by atoms with van der Waals surface area (Å²) < 4.78 is 15.9. The number of H-pyrrole nitrogens is 1. The molecule has 2 heterocycles. The number of amides is 5. The lowest BCUT2D eigenvalue weighted by Crippen LogP contribution is -2.60. The Morgan fingerprint density at radius 2 is 1.88 bits per heavy atom. The van der Waals surface area contributed by atoms with E-state index in [0.29, 0.717) is 6.42 Å². The van der Waals surface area contributed by atoms with Gasteiger partial charge in [0.05, 0.1) is 25.0 Å². The number of phosphoric ester groups is 1. The van der Waals surface area contributed by atoms with Crippen LogP contribution in [0.5, 0.6) is 0 Å². The highest BCUT2D eigenvalue weighted by atomic mass is 32.2. The minimum Gasteiger partial charge on any atom is -0.394 e. The molecule has 5 amide bonds. The summed E-state index contributed by atoms with van der Waals surface area (Å²) in [6.07, 6.45) is 0.567. The number of nitrogens with one attached hydrogen (secondary N) is 4. The fourth-order valence-corrected chi connectivity index (χ4v) is 5.75. The van der Waals surface area contributed by atoms with E-state index in [-0.39, 0.29) is 18.1 Å². The molecule has 3 rings (SSSR count). The summed E-state index contributed by atoms with van der Waals surface area (Å²) in [6.45, 7) is -0.172. The summed E-state index contributed by atoms with van der Waals surface area (Å²) in [4.78, 5) is 86.8. The van der Waals surface area contributed by atoms with Crippen molar-refractivity contribution in [3.8, 4) is 0 Å². The van der Waals surface area contributed by atoms with Crippen LogP contribution in [0, 0.1) is 0 Å². The lowest BCUT2D eigenvalue weighted by molar-refractivity contribution is -0.137. The number of phosphoric acid groups is 1. The molecule has 0 spiro atoms. The van der Waals surface area contributed by atoms with E-state index in [9.17, 15) is 43.4 Å². The first-order valence-electron chi connectivity index (χ1n) is 12.7. The van der Waals surface area contributed by atoms with Gasteiger partial charge in [-0.25, -0.2) is 4.57 Å². The molecule has 0 radical (unpaired) electrons. The number of carbonyl (C=O) groups excluding carboxylic acids is 5. The molecule has 230 valence electrons. The van der Waals surface area contributed by atoms with Crippen LogP contribution in [0.1, 0.15) is 12.5 Å². The number of aromatic amines is 1. The number of hydrogen-bond acceptors (Lipinski definition) is 9. The number of hydrogen-bond donors (Lipinski definition) is 8. The lowest BCUT2D eigenvalue weighted by atomic mass is 10.1. The zero-order valence-electron chi connectivity index (χ0n) is 22.5. The molecule has 1 aromatic heterocycles. The van der Waals surface area contributed by atoms with Gasteiger partial charge in [-0.05, 0) is 25.0 Å². The Morgan fingerprint density at radius 3 is 2.55 bits per heavy atom. The Bertz CT molecular complexity index is 1370. The fourth-order valence-electron chi connectivity index (χ4n) is 4.23. The van der Waals surface area contributed by atoms with Gasteiger partial charge in [-0.2, -0.15) is 0 Å². The second-order valence-corrected chi connectivity index (χ2v) is 11.7. The minimum absolute atomic E-state index is 0.125. The number of aliphatic hydroxyl groups excluding tert-OH is 1. The van der Waals surface area contributed by atoms with Crippen LogP contribution in [0.4, 0.5) is 0 Å². The van der Waals surface area contributed by atoms with Crippen molar-refractivity contribution in [2.24, 2.45) is 5.73 Å². The monoisotopic (exact) mass is 628 g/mol. The van der Waals surface area contributed by atoms with Crippen LogP contribution in [0.3, 0.4) is 0 Å². The largest absolute Gasteiger partial charge is 0.469 e. The van der Waals surface area contributed by atoms with Gasteiger partial charge in [-0.3, -0.25) is 28.5 Å². The van der Waals surface area contributed by atoms with E-state index in [1.54, 1.807) is 6.20 Å². The van der Waals surface area contributed by atoms with Gasteiger partial charge in [0, 0.05) is 29.4 Å². The molecule has 1 fully saturated rings. The average Bonchev–Trinajstić information content (AvgIpc) is 3.33. The third-order valence-corrected chi connectivity index (χ3v) is 8.00. The molecule has 4 atom stereocenters. The van der Waals surface area contributed by atoms with Crippen molar-refractivity contribution in [2.45, 2.75) is 37.6 Å². The number of benzene rings is 1. The van der Waals surface area contributed by atoms with Crippen LogP contribution in [-0.4, -0.2) is 110 Å². The van der Waals surface area contributed by atoms with E-state index in [2.05, 4.69) is 25.5 Å². The molecular formula is C24H33N6O10PS. The molecule has 2 aromatic rings. The predicted octanol–water partition coefficient (Wildman–Crippen LogP) is -2.28. The van der Waals surface area contributed by atoms with Crippen LogP contribution >= 0.6 is 19.6 Å². The van der Waals surface area contributed by atoms with E-state index in [1.165, 1.54) is 4.90 Å². The molecule has 0 aliphatic carbocycles. The minimum atomic E-state index is -5.12. The molecule has 16 nitrogen and oxygen atoms in total. The van der Waals surface area contributed by atoms with E-state index in [4.69, 9.17) is 5.73 Å². The maximum atomic E-state index is 13.1. The Morgan fingerprint density at radius 1 is 1.17 bits per heavy atom. The topological polar surface area (TPSA) is 253 Å². The summed E-state index contributed by atoms with van der Waals surface area (Å²) in [7, 11) is -5.12. The first-order valence-corrected chi connectivity index (χ1v) is 15.4. The number of nitrogens with zero attached hydrogens (tertiary/aromatic N) is 1. The quantitative estimate of drug-likeness (QED) is 0.145. The van der Waals surface area contributed by atoms with Crippen molar-refractivity contribution < 1.29 is 48.0 Å². The molecule has 42 heavy (non-hydrogen) atoms. The van der Waals surface area contributed by atoms with E-state index in [0.717, 1.165) is 35.2 Å². The molecule has 18 heteroatoms. The van der Waals surface area contributed by atoms with Gasteiger partial charge in [0.2, 0.25) is 29.5 Å². The normalized spacial score (nSPS) is 22.5. The van der Waals surface area contributed by atoms with Crippen LogP contribution in [0.25, 0.3) is 10.9 Å². The Kier molecular flexibility index (Phi) is 11.5. The maximum Gasteiger partial charge on any atom is 0.469 e. The first kappa shape index (κ1) is 33.0. The van der Waals surface area contributed by atoms with Crippen molar-refractivity contribution in [1.29, 1.82) is 0 Å². The molecule has 1 aliphatic rings. The molecule has 0 bridgehead atoms. The number of thioether (sulfide) groups is 1. The van der Waals surface area contributed by atoms with Gasteiger partial charge in [0.1, 0.15) is 18.1 Å². The molecule has 1 saturated heterocycles. The molecule has 9 N–H and O–H groups in total. The van der Waals surface area contributed by atoms with Gasteiger partial charge in [0.15, 0.2) is 0 Å². The van der Waals surface area contributed by atoms with Crippen LogP contribution in [0.15, 0.2) is 30.5 Å². The number of rotatable bonds is 8. The fraction of sp³-hybridized carbons (Fsp3) is 0.458. The highest BCUT2D eigenvalue weighted by Crippen LogP contribution is 2.38. The van der Waals surface area contributed by atoms with E-state index in [1.807, 2.05) is 24.3 Å². The smallest absolute Gasteiger partial charge is 0.394 e. The van der Waals surface area contributed by atoms with Crippen molar-refractivity contribution in [3.63, 3.8) is 0 Å². The number of fused-ring (bicyclic) bond motifs is 1. The summed E-state index contributed by atoms with van der Waals surface area (Å²) in [6, 6.07) is 2.84. The van der Waals surface area contributed by atoms with Crippen LogP contribution < -0.4 is 21.7 Å². The zero-order chi connectivity index (χ0) is 31.0. The number of nitrogens with two attached hydrogens (primary N) is 1. The van der Waals surface area contributed by atoms with Crippen LogP contribution in [-0.2, 0) is 39.5 Å². The van der Waals surface area contributed by atoms with Crippen molar-refractivity contribution in [2.75, 3.05) is 31.2 Å². The average molecular weight is 629 g/mol. The molecule has 1 aliphatic heterocycles. The number of aliphatic hydroxyl groups is 1. The standard InChI is InChI=1S/C24H33N6O10PS/c1-13(40-41(37,38)39)21-24(36)28-18(22(25)34)11-42-12-20(33)30(9-19(32)27-17(10-31)23(35)29-21)7-6-14-8-26-16-5-3-2-4-15(14)16/h2-5,8,13,17-18,21,26,31H,6-7,9-12H2,1H3,(H2,25,34)(H,27,32)(H,28,36)(H,29,35)(H2,37,38,39)/t13-,17+,18-,21+/m1/s1. The highest BCUT2D eigenvalue weighted by molar-refractivity contribution is 8.00. The number of aromatic nitrogens is 1. The second kappa shape index (κ2) is 14.6. The Hall–Kier alpha value is -3.47. The first-order chi connectivity index (χ1) is 19.8. The highest BCUT2D eigenvalue weighted by Gasteiger charge is 2.36. The number of carbonyl (C=O) groups is 5. The maximum absolute atomic E-state index is 13.1. The molecular weight excluding hydrogens is 595 g/mol. The van der Waals surface area contributed by atoms with Gasteiger partial charge in [0.25, 0.3) is 0 Å². The van der Waals surface area contributed by atoms with Crippen molar-refractivity contribution >= 4 is 60.0 Å². The van der Waals surface area contributed by atoms with E-state index < -0.39 is 74.7 Å². The Balaban J connectivity index is 1.85. The number of primary amides is 1. The molecule has 0 unspecified atom stereocenters. The SMILES string of the molecule is C[C@@H](OP(=O)(O)O)[C@@H]1NC(=O)[C@H](CO)NC(=O)CN(CCc2c[nH]c3ccccc23)C(=O)CSC[C@H](C(N)=O)NC1=O. The summed E-state index contributed by atoms with van der Waals surface area (Å²) in [5.74, 6) is -4.76. The van der Waals surface area contributed by atoms with Gasteiger partial charge in [-0.15, -0.1) is 11.8 Å². The lowest BCUT2D eigenvalue weighted by Gasteiger charge is -2.28. The zero-order valence-corrected chi connectivity index (χ0v) is 24.2. The third kappa shape index (κ3) is 9.27. The third-order valence-electron chi connectivity index (χ3n) is 6.37. The Labute approximate surface area is 244 Å². The predicted molar refractivity (Wildman–Crippen MR) is 151 cm³/mol. The van der Waals surface area contributed by atoms with Crippen molar-refractivity contribution in [3.05, 3.63) is 36.0 Å². The van der Waals surface area contributed by atoms with Gasteiger partial charge >= 0.3 is 7.82 Å². The van der Waals surface area contributed by atoms with Crippen LogP contribution in [0.2, 0.25) is 0 Å². The van der Waals surface area contributed by atoms with E-state index >= 15 is 0 Å². The number of para-hydroxylation sites is 1. The molecule has 1 aromatic carbocycles. The summed E-state index contributed by atoms with van der Waals surface area (Å²) >= 11 is 0.960. The van der Waals surface area contributed by atoms with Gasteiger partial charge in [-0.1, -0.05) is 18.2 Å². The molecule has 0 saturated carbocycles. The summed E-state index contributed by atoms with van der Waals surface area (Å²) in [5.41, 5.74) is 7.23. The summed E-state index contributed by atoms with van der Waals surface area (Å²) in [5, 5.41) is 17.5.